The third-order valence-corrected chi connectivity index (χ3v) is 4.68. The van der Waals surface area contributed by atoms with Crippen LogP contribution in [0, 0.1) is 0 Å². The molecule has 0 aliphatic carbocycles. The Hall–Kier alpha value is -1.63. The highest BCUT2D eigenvalue weighted by Crippen LogP contribution is 2.10. The zero-order valence-corrected chi connectivity index (χ0v) is 16.3. The Kier molecular flexibility index (Phi) is 10.2. The van der Waals surface area contributed by atoms with Gasteiger partial charge in [-0.25, -0.2) is 0 Å². The van der Waals surface area contributed by atoms with E-state index in [-0.39, 0.29) is 30.3 Å². The molecule has 146 valence electrons. The summed E-state index contributed by atoms with van der Waals surface area (Å²) in [4.78, 5) is 27.6. The van der Waals surface area contributed by atoms with Crippen LogP contribution in [0.3, 0.4) is 0 Å². The molecule has 1 heterocycles. The third kappa shape index (κ3) is 7.72. The molecule has 7 heteroatoms. The number of hydrogen-bond donors (Lipinski definition) is 2. The lowest BCUT2D eigenvalue weighted by Crippen LogP contribution is -2.49. The van der Waals surface area contributed by atoms with Crippen molar-refractivity contribution in [3.63, 3.8) is 0 Å². The van der Waals surface area contributed by atoms with Gasteiger partial charge < -0.3 is 16.0 Å². The summed E-state index contributed by atoms with van der Waals surface area (Å²) in [5, 5.41) is 3.11. The largest absolute Gasteiger partial charge is 0.352 e. The van der Waals surface area contributed by atoms with Gasteiger partial charge in [0, 0.05) is 45.7 Å². The van der Waals surface area contributed by atoms with Crippen molar-refractivity contribution in [2.24, 2.45) is 5.73 Å². The molecule has 0 radical (unpaired) electrons. The van der Waals surface area contributed by atoms with Crippen LogP contribution >= 0.6 is 12.4 Å². The summed E-state index contributed by atoms with van der Waals surface area (Å²) in [6.07, 6.45) is 2.56. The van der Waals surface area contributed by atoms with Crippen LogP contribution in [0.1, 0.15) is 25.3 Å². The maximum Gasteiger partial charge on any atom is 0.234 e. The van der Waals surface area contributed by atoms with Gasteiger partial charge in [-0.2, -0.15) is 0 Å². The Labute approximate surface area is 162 Å². The smallest absolute Gasteiger partial charge is 0.234 e. The van der Waals surface area contributed by atoms with Crippen molar-refractivity contribution >= 4 is 24.2 Å². The van der Waals surface area contributed by atoms with Crippen LogP contribution in [0.4, 0.5) is 0 Å². The number of likely N-dealkylation sites (tertiary alicyclic amines) is 1. The van der Waals surface area contributed by atoms with E-state index in [0.29, 0.717) is 19.6 Å². The fraction of sp³-hybridized carbons (Fsp3) is 0.579. The van der Waals surface area contributed by atoms with Gasteiger partial charge in [-0.05, 0) is 24.8 Å². The predicted octanol–water partition coefficient (Wildman–Crippen LogP) is 1.04. The number of hydrogen-bond acceptors (Lipinski definition) is 4. The average Bonchev–Trinajstić information content (AvgIpc) is 2.61. The molecule has 2 amide bonds. The number of nitrogens with one attached hydrogen (secondary N) is 1. The Bertz CT molecular complexity index is 548. The summed E-state index contributed by atoms with van der Waals surface area (Å²) in [7, 11) is 0. The molecule has 1 aromatic rings. The molecule has 1 saturated heterocycles. The summed E-state index contributed by atoms with van der Waals surface area (Å²) in [5.41, 5.74) is 6.96. The molecule has 1 fully saturated rings. The Morgan fingerprint density at radius 3 is 2.42 bits per heavy atom. The van der Waals surface area contributed by atoms with Gasteiger partial charge in [0.2, 0.25) is 11.8 Å². The van der Waals surface area contributed by atoms with Crippen LogP contribution in [0.5, 0.6) is 0 Å². The first-order chi connectivity index (χ1) is 12.1. The highest BCUT2D eigenvalue weighted by atomic mass is 35.5. The first-order valence-electron chi connectivity index (χ1n) is 9.09. The maximum absolute atomic E-state index is 12.3. The molecule has 6 nitrogen and oxygen atoms in total. The number of halogens is 1. The molecular formula is C19H31ClN4O2. The van der Waals surface area contributed by atoms with Gasteiger partial charge in [0.25, 0.3) is 0 Å². The van der Waals surface area contributed by atoms with E-state index in [4.69, 9.17) is 5.73 Å². The number of carbonyl (C=O) groups is 2. The number of rotatable bonds is 8. The van der Waals surface area contributed by atoms with Gasteiger partial charge in [0.05, 0.1) is 6.54 Å². The van der Waals surface area contributed by atoms with Crippen molar-refractivity contribution in [3.8, 4) is 0 Å². The number of nitrogens with zero attached hydrogens (tertiary/aromatic N) is 2. The predicted molar refractivity (Wildman–Crippen MR) is 106 cm³/mol. The van der Waals surface area contributed by atoms with Gasteiger partial charge in [0.1, 0.15) is 0 Å². The number of nitrogens with two attached hydrogens (primary N) is 1. The van der Waals surface area contributed by atoms with Crippen molar-refractivity contribution < 1.29 is 9.59 Å². The van der Waals surface area contributed by atoms with E-state index in [1.807, 2.05) is 23.1 Å². The van der Waals surface area contributed by atoms with Crippen molar-refractivity contribution in [2.75, 3.05) is 39.3 Å². The lowest BCUT2D eigenvalue weighted by atomic mass is 10.0. The molecule has 1 aliphatic heterocycles. The maximum atomic E-state index is 12.3. The van der Waals surface area contributed by atoms with Crippen molar-refractivity contribution in [2.45, 2.75) is 32.2 Å². The molecule has 0 aromatic heterocycles. The van der Waals surface area contributed by atoms with Crippen LogP contribution in [0.25, 0.3) is 0 Å². The lowest BCUT2D eigenvalue weighted by molar-refractivity contribution is -0.130. The number of carbonyl (C=O) groups excluding carboxylic acids is 2. The van der Waals surface area contributed by atoms with E-state index in [9.17, 15) is 9.59 Å². The normalized spacial score (nSPS) is 14.8. The Morgan fingerprint density at radius 1 is 1.19 bits per heavy atom. The molecular weight excluding hydrogens is 352 g/mol. The van der Waals surface area contributed by atoms with Gasteiger partial charge in [-0.15, -0.1) is 12.4 Å². The van der Waals surface area contributed by atoms with Crippen LogP contribution < -0.4 is 11.1 Å². The molecule has 1 aliphatic rings. The molecule has 2 rings (SSSR count). The third-order valence-electron chi connectivity index (χ3n) is 4.68. The molecule has 0 bridgehead atoms. The fourth-order valence-electron chi connectivity index (χ4n) is 3.20. The van der Waals surface area contributed by atoms with Crippen molar-refractivity contribution in [1.82, 2.24) is 15.1 Å². The number of amides is 2. The van der Waals surface area contributed by atoms with Crippen LogP contribution in [-0.2, 0) is 16.0 Å². The van der Waals surface area contributed by atoms with E-state index >= 15 is 0 Å². The van der Waals surface area contributed by atoms with Crippen LogP contribution in [0.15, 0.2) is 30.3 Å². The minimum Gasteiger partial charge on any atom is -0.352 e. The zero-order valence-electron chi connectivity index (χ0n) is 15.5. The first kappa shape index (κ1) is 22.4. The van der Waals surface area contributed by atoms with Gasteiger partial charge >= 0.3 is 0 Å². The first-order valence-corrected chi connectivity index (χ1v) is 9.09. The van der Waals surface area contributed by atoms with Crippen LogP contribution in [-0.4, -0.2) is 66.9 Å². The zero-order chi connectivity index (χ0) is 18.1. The summed E-state index contributed by atoms with van der Waals surface area (Å²) < 4.78 is 0. The highest BCUT2D eigenvalue weighted by Gasteiger charge is 2.22. The van der Waals surface area contributed by atoms with Gasteiger partial charge in [-0.1, -0.05) is 30.3 Å². The number of benzene rings is 1. The lowest BCUT2D eigenvalue weighted by Gasteiger charge is -2.32. The summed E-state index contributed by atoms with van der Waals surface area (Å²) in [6, 6.07) is 10.4. The summed E-state index contributed by atoms with van der Waals surface area (Å²) >= 11 is 0. The molecule has 3 N–H and O–H groups in total. The minimum absolute atomic E-state index is 0. The van der Waals surface area contributed by atoms with Gasteiger partial charge in [-0.3, -0.25) is 14.5 Å². The van der Waals surface area contributed by atoms with E-state index in [2.05, 4.69) is 22.3 Å². The molecule has 0 atom stereocenters. The second kappa shape index (κ2) is 11.9. The monoisotopic (exact) mass is 382 g/mol. The van der Waals surface area contributed by atoms with E-state index in [1.165, 1.54) is 5.56 Å². The standard InChI is InChI=1S/C19H30N4O2.ClH/c1-16(24)23-12-8-18(9-13-23)21-19(25)15-22(14-10-20)11-7-17-5-3-2-4-6-17;/h2-6,18H,7-15,20H2,1H3,(H,21,25);1H. The topological polar surface area (TPSA) is 78.7 Å². The molecule has 0 unspecified atom stereocenters. The van der Waals surface area contributed by atoms with E-state index < -0.39 is 0 Å². The van der Waals surface area contributed by atoms with Crippen LogP contribution in [0.2, 0.25) is 0 Å². The van der Waals surface area contributed by atoms with Crippen molar-refractivity contribution in [1.29, 1.82) is 0 Å². The second-order valence-corrected chi connectivity index (χ2v) is 6.65. The molecule has 0 saturated carbocycles. The Balaban J connectivity index is 0.00000338. The molecule has 26 heavy (non-hydrogen) atoms. The minimum atomic E-state index is 0. The summed E-state index contributed by atoms with van der Waals surface area (Å²) in [5.74, 6) is 0.155. The fourth-order valence-corrected chi connectivity index (χ4v) is 3.20. The number of piperidine rings is 1. The quantitative estimate of drug-likeness (QED) is 0.704. The summed E-state index contributed by atoms with van der Waals surface area (Å²) in [6.45, 7) is 5.48. The van der Waals surface area contributed by atoms with Crippen molar-refractivity contribution in [3.05, 3.63) is 35.9 Å². The molecule has 1 aromatic carbocycles. The second-order valence-electron chi connectivity index (χ2n) is 6.65. The average molecular weight is 383 g/mol. The van der Waals surface area contributed by atoms with Gasteiger partial charge in [0.15, 0.2) is 0 Å². The Morgan fingerprint density at radius 2 is 1.85 bits per heavy atom. The van der Waals surface area contributed by atoms with E-state index in [1.54, 1.807) is 6.92 Å². The highest BCUT2D eigenvalue weighted by molar-refractivity contribution is 5.85. The van der Waals surface area contributed by atoms with E-state index in [0.717, 1.165) is 38.9 Å². The SMILES string of the molecule is CC(=O)N1CCC(NC(=O)CN(CCN)CCc2ccccc2)CC1.Cl. The molecule has 0 spiro atoms.